The molecule has 0 saturated carbocycles. The van der Waals surface area contributed by atoms with E-state index in [2.05, 4.69) is 10.4 Å². The lowest BCUT2D eigenvalue weighted by atomic mass is 10.2. The molecule has 1 N–H and O–H groups in total. The Morgan fingerprint density at radius 3 is 2.49 bits per heavy atom. The molecule has 4 aromatic rings. The smallest absolute Gasteiger partial charge is 0.271 e. The van der Waals surface area contributed by atoms with Gasteiger partial charge in [0.15, 0.2) is 0 Å². The van der Waals surface area contributed by atoms with E-state index in [9.17, 15) is 14.0 Å². The Bertz CT molecular complexity index is 1400. The van der Waals surface area contributed by atoms with Crippen molar-refractivity contribution in [3.8, 4) is 23.1 Å². The van der Waals surface area contributed by atoms with Crippen molar-refractivity contribution in [3.63, 3.8) is 0 Å². The van der Waals surface area contributed by atoms with Crippen LogP contribution in [0.25, 0.3) is 5.69 Å². The molecule has 0 spiro atoms. The summed E-state index contributed by atoms with van der Waals surface area (Å²) in [6, 6.07) is 20.2. The van der Waals surface area contributed by atoms with Crippen LogP contribution in [0, 0.1) is 5.82 Å². The number of hydrogen-bond acceptors (Lipinski definition) is 6. The summed E-state index contributed by atoms with van der Waals surface area (Å²) in [7, 11) is 3.04. The Morgan fingerprint density at radius 2 is 1.77 bits per heavy atom. The quantitative estimate of drug-likeness (QED) is 0.410. The number of nitrogens with one attached hydrogen (secondary N) is 1. The maximum absolute atomic E-state index is 13.4. The van der Waals surface area contributed by atoms with Gasteiger partial charge in [-0.05, 0) is 54.1 Å². The Morgan fingerprint density at radius 1 is 0.971 bits per heavy atom. The van der Waals surface area contributed by atoms with E-state index >= 15 is 0 Å². The van der Waals surface area contributed by atoms with Crippen molar-refractivity contribution < 1.29 is 23.4 Å². The minimum absolute atomic E-state index is 0.0931. The number of benzene rings is 3. The Labute approximate surface area is 200 Å². The van der Waals surface area contributed by atoms with Crippen molar-refractivity contribution in [3.05, 3.63) is 106 Å². The SMILES string of the molecule is COc1ccc(OC)c(NC(=O)c2ccc(-n3nc(OCc4cccc(F)c4)ccc3=O)cc2)c1. The van der Waals surface area contributed by atoms with Gasteiger partial charge in [0, 0.05) is 23.8 Å². The monoisotopic (exact) mass is 475 g/mol. The summed E-state index contributed by atoms with van der Waals surface area (Å²) in [6.45, 7) is 0.0931. The number of rotatable bonds is 8. The number of anilines is 1. The number of carbonyl (C=O) groups is 1. The Hall–Kier alpha value is -4.66. The fourth-order valence-electron chi connectivity index (χ4n) is 3.30. The second kappa shape index (κ2) is 10.5. The third-order valence-corrected chi connectivity index (χ3v) is 5.08. The summed E-state index contributed by atoms with van der Waals surface area (Å²) >= 11 is 0. The highest BCUT2D eigenvalue weighted by Crippen LogP contribution is 2.29. The molecule has 0 aliphatic heterocycles. The van der Waals surface area contributed by atoms with Gasteiger partial charge in [0.05, 0.1) is 25.6 Å². The van der Waals surface area contributed by atoms with E-state index in [0.29, 0.717) is 34.0 Å². The highest BCUT2D eigenvalue weighted by molar-refractivity contribution is 6.05. The van der Waals surface area contributed by atoms with E-state index in [-0.39, 0.29) is 29.8 Å². The minimum Gasteiger partial charge on any atom is -0.497 e. The van der Waals surface area contributed by atoms with Crippen molar-refractivity contribution in [1.29, 1.82) is 0 Å². The molecule has 0 aliphatic carbocycles. The van der Waals surface area contributed by atoms with Gasteiger partial charge in [0.2, 0.25) is 5.88 Å². The van der Waals surface area contributed by atoms with E-state index in [0.717, 1.165) is 4.68 Å². The Kier molecular flexibility index (Phi) is 7.06. The average Bonchev–Trinajstić information content (AvgIpc) is 2.88. The number of carbonyl (C=O) groups excluding carboxylic acids is 1. The topological polar surface area (TPSA) is 91.7 Å². The first-order chi connectivity index (χ1) is 17.0. The number of nitrogens with zero attached hydrogens (tertiary/aromatic N) is 2. The zero-order valence-corrected chi connectivity index (χ0v) is 19.0. The number of amides is 1. The van der Waals surface area contributed by atoms with Crippen LogP contribution >= 0.6 is 0 Å². The summed E-state index contributed by atoms with van der Waals surface area (Å²) in [5.41, 5.74) is 1.53. The van der Waals surface area contributed by atoms with Crippen LogP contribution in [0.3, 0.4) is 0 Å². The molecule has 35 heavy (non-hydrogen) atoms. The number of aromatic nitrogens is 2. The van der Waals surface area contributed by atoms with Gasteiger partial charge in [0.25, 0.3) is 11.5 Å². The molecule has 0 fully saturated rings. The molecule has 4 rings (SSSR count). The highest BCUT2D eigenvalue weighted by Gasteiger charge is 2.12. The summed E-state index contributed by atoms with van der Waals surface area (Å²) in [5.74, 6) is 0.525. The Balaban J connectivity index is 1.50. The van der Waals surface area contributed by atoms with Gasteiger partial charge in [-0.3, -0.25) is 9.59 Å². The second-order valence-electron chi connectivity index (χ2n) is 7.41. The van der Waals surface area contributed by atoms with Gasteiger partial charge in [-0.15, -0.1) is 5.10 Å². The molecule has 3 aromatic carbocycles. The molecule has 9 heteroatoms. The number of ether oxygens (including phenoxy) is 3. The van der Waals surface area contributed by atoms with E-state index in [1.165, 1.54) is 38.5 Å². The van der Waals surface area contributed by atoms with Crippen LogP contribution in [0.5, 0.6) is 17.4 Å². The first kappa shape index (κ1) is 23.5. The predicted octanol–water partition coefficient (Wildman–Crippen LogP) is 4.22. The van der Waals surface area contributed by atoms with E-state index in [4.69, 9.17) is 14.2 Å². The highest BCUT2D eigenvalue weighted by atomic mass is 19.1. The summed E-state index contributed by atoms with van der Waals surface area (Å²) in [6.07, 6.45) is 0. The largest absolute Gasteiger partial charge is 0.497 e. The van der Waals surface area contributed by atoms with Gasteiger partial charge in [-0.25, -0.2) is 4.39 Å². The fraction of sp³-hybridized carbons (Fsp3) is 0.115. The molecule has 178 valence electrons. The van der Waals surface area contributed by atoms with Crippen molar-refractivity contribution in [1.82, 2.24) is 9.78 Å². The van der Waals surface area contributed by atoms with E-state index in [1.807, 2.05) is 0 Å². The van der Waals surface area contributed by atoms with Crippen LogP contribution in [-0.4, -0.2) is 29.9 Å². The zero-order chi connectivity index (χ0) is 24.8. The molecule has 0 aliphatic rings. The van der Waals surface area contributed by atoms with Gasteiger partial charge in [0.1, 0.15) is 23.9 Å². The predicted molar refractivity (Wildman–Crippen MR) is 128 cm³/mol. The standard InChI is InChI=1S/C26H22FN3O5/c1-33-21-10-11-23(34-2)22(15-21)28-26(32)18-6-8-20(9-7-18)30-25(31)13-12-24(29-30)35-16-17-4-3-5-19(27)14-17/h3-15H,16H2,1-2H3,(H,28,32). The van der Waals surface area contributed by atoms with Crippen LogP contribution in [-0.2, 0) is 6.61 Å². The third kappa shape index (κ3) is 5.64. The number of hydrogen-bond donors (Lipinski definition) is 1. The summed E-state index contributed by atoms with van der Waals surface area (Å²) in [5, 5.41) is 7.01. The fourth-order valence-corrected chi connectivity index (χ4v) is 3.30. The van der Waals surface area contributed by atoms with Crippen molar-refractivity contribution >= 4 is 11.6 Å². The van der Waals surface area contributed by atoms with Gasteiger partial charge in [-0.1, -0.05) is 12.1 Å². The maximum atomic E-state index is 13.4. The molecule has 0 atom stereocenters. The third-order valence-electron chi connectivity index (χ3n) is 5.08. The molecular weight excluding hydrogens is 453 g/mol. The van der Waals surface area contributed by atoms with Crippen LogP contribution in [0.2, 0.25) is 0 Å². The molecule has 1 aromatic heterocycles. The number of halogens is 1. The minimum atomic E-state index is -0.374. The lowest BCUT2D eigenvalue weighted by Crippen LogP contribution is -2.21. The molecule has 0 unspecified atom stereocenters. The second-order valence-corrected chi connectivity index (χ2v) is 7.41. The molecule has 1 amide bonds. The van der Waals surface area contributed by atoms with E-state index < -0.39 is 0 Å². The zero-order valence-electron chi connectivity index (χ0n) is 19.0. The summed E-state index contributed by atoms with van der Waals surface area (Å²) < 4.78 is 30.6. The average molecular weight is 475 g/mol. The summed E-state index contributed by atoms with van der Waals surface area (Å²) in [4.78, 5) is 25.1. The van der Waals surface area contributed by atoms with Crippen LogP contribution in [0.4, 0.5) is 10.1 Å². The van der Waals surface area contributed by atoms with Crippen molar-refractivity contribution in [2.24, 2.45) is 0 Å². The lowest BCUT2D eigenvalue weighted by Gasteiger charge is -2.12. The molecule has 0 saturated heterocycles. The molecule has 0 bridgehead atoms. The molecule has 0 radical (unpaired) electrons. The maximum Gasteiger partial charge on any atom is 0.271 e. The molecule has 8 nitrogen and oxygen atoms in total. The first-order valence-electron chi connectivity index (χ1n) is 10.6. The van der Waals surface area contributed by atoms with Gasteiger partial charge < -0.3 is 19.5 Å². The lowest BCUT2D eigenvalue weighted by molar-refractivity contribution is 0.102. The van der Waals surface area contributed by atoms with Crippen LogP contribution in [0.15, 0.2) is 83.7 Å². The molecular formula is C26H22FN3O5. The van der Waals surface area contributed by atoms with E-state index in [1.54, 1.807) is 54.6 Å². The van der Waals surface area contributed by atoms with Gasteiger partial charge >= 0.3 is 0 Å². The van der Waals surface area contributed by atoms with Gasteiger partial charge in [-0.2, -0.15) is 4.68 Å². The normalized spacial score (nSPS) is 10.5. The van der Waals surface area contributed by atoms with Crippen molar-refractivity contribution in [2.45, 2.75) is 6.61 Å². The van der Waals surface area contributed by atoms with Crippen LogP contribution in [0.1, 0.15) is 15.9 Å². The molecule has 1 heterocycles. The first-order valence-corrected chi connectivity index (χ1v) is 10.6. The van der Waals surface area contributed by atoms with Crippen molar-refractivity contribution in [2.75, 3.05) is 19.5 Å². The number of methoxy groups -OCH3 is 2. The van der Waals surface area contributed by atoms with Crippen LogP contribution < -0.4 is 25.1 Å².